The molecule has 0 radical (unpaired) electrons. The van der Waals surface area contributed by atoms with Crippen molar-refractivity contribution in [3.63, 3.8) is 0 Å². The zero-order valence-corrected chi connectivity index (χ0v) is 11.4. The Labute approximate surface area is 124 Å². The van der Waals surface area contributed by atoms with Crippen LogP contribution in [-0.2, 0) is 16.1 Å². The maximum atomic E-state index is 12.3. The summed E-state index contributed by atoms with van der Waals surface area (Å²) >= 11 is 0. The molecular weight excluding hydrogens is 294 g/mol. The Balaban J connectivity index is 2.33. The summed E-state index contributed by atoms with van der Waals surface area (Å²) in [7, 11) is 0. The molecule has 0 spiro atoms. The molecule has 1 aromatic rings. The number of carboxylic acids is 1. The molecule has 1 heterocycles. The van der Waals surface area contributed by atoms with E-state index in [1.165, 1.54) is 18.2 Å². The molecule has 1 aromatic carbocycles. The fourth-order valence-corrected chi connectivity index (χ4v) is 2.47. The van der Waals surface area contributed by atoms with Crippen LogP contribution in [0, 0.1) is 10.1 Å². The molecule has 0 bridgehead atoms. The first-order chi connectivity index (χ1) is 10.3. The molecule has 1 atom stereocenters. The van der Waals surface area contributed by atoms with Crippen molar-refractivity contribution in [1.82, 2.24) is 4.90 Å². The Kier molecular flexibility index (Phi) is 4.06. The summed E-state index contributed by atoms with van der Waals surface area (Å²) in [6.07, 6.45) is -0.478. The predicted molar refractivity (Wildman–Crippen MR) is 72.8 cm³/mol. The molecule has 2 amide bonds. The van der Waals surface area contributed by atoms with Crippen LogP contribution < -0.4 is 5.73 Å². The number of rotatable bonds is 6. The summed E-state index contributed by atoms with van der Waals surface area (Å²) in [5, 5.41) is 19.7. The first kappa shape index (κ1) is 15.4. The summed E-state index contributed by atoms with van der Waals surface area (Å²) in [6.45, 7) is -0.140. The molecule has 2 rings (SSSR count). The topological polar surface area (TPSA) is 144 Å². The molecule has 1 aliphatic rings. The highest BCUT2D eigenvalue weighted by Gasteiger charge is 2.38. The van der Waals surface area contributed by atoms with E-state index in [0.717, 1.165) is 4.90 Å². The SMILES string of the molecule is NC(=O)[C@H](CCC(=O)O)N1Cc2c(cccc2[N+](=O)[O-])C1=O. The highest BCUT2D eigenvalue weighted by Crippen LogP contribution is 2.32. The van der Waals surface area contributed by atoms with Crippen LogP contribution in [0.4, 0.5) is 5.69 Å². The number of carbonyl (C=O) groups is 3. The van der Waals surface area contributed by atoms with E-state index in [2.05, 4.69) is 0 Å². The lowest BCUT2D eigenvalue weighted by Gasteiger charge is -2.24. The molecular formula is C13H13N3O6. The largest absolute Gasteiger partial charge is 0.481 e. The highest BCUT2D eigenvalue weighted by molar-refractivity contribution is 6.02. The average Bonchev–Trinajstić information content (AvgIpc) is 2.76. The maximum absolute atomic E-state index is 12.3. The van der Waals surface area contributed by atoms with Gasteiger partial charge in [0.2, 0.25) is 5.91 Å². The van der Waals surface area contributed by atoms with Gasteiger partial charge in [0.25, 0.3) is 11.6 Å². The summed E-state index contributed by atoms with van der Waals surface area (Å²) in [5.74, 6) is -2.53. The van der Waals surface area contributed by atoms with E-state index >= 15 is 0 Å². The van der Waals surface area contributed by atoms with Gasteiger partial charge in [0.1, 0.15) is 6.04 Å². The second-order valence-electron chi connectivity index (χ2n) is 4.84. The maximum Gasteiger partial charge on any atom is 0.303 e. The molecule has 22 heavy (non-hydrogen) atoms. The lowest BCUT2D eigenvalue weighted by Crippen LogP contribution is -2.45. The summed E-state index contributed by atoms with van der Waals surface area (Å²) in [4.78, 5) is 45.9. The number of benzene rings is 1. The van der Waals surface area contributed by atoms with Crippen LogP contribution in [0.3, 0.4) is 0 Å². The highest BCUT2D eigenvalue weighted by atomic mass is 16.6. The van der Waals surface area contributed by atoms with Crippen LogP contribution in [0.5, 0.6) is 0 Å². The number of nitro groups is 1. The van der Waals surface area contributed by atoms with Crippen molar-refractivity contribution in [2.45, 2.75) is 25.4 Å². The van der Waals surface area contributed by atoms with Crippen molar-refractivity contribution in [2.24, 2.45) is 5.73 Å². The summed E-state index contributed by atoms with van der Waals surface area (Å²) < 4.78 is 0. The van der Waals surface area contributed by atoms with Crippen molar-refractivity contribution in [3.8, 4) is 0 Å². The summed E-state index contributed by atoms with van der Waals surface area (Å²) in [6, 6.07) is 2.97. The number of carboxylic acid groups (broad SMARTS) is 1. The minimum Gasteiger partial charge on any atom is -0.481 e. The zero-order valence-electron chi connectivity index (χ0n) is 11.4. The lowest BCUT2D eigenvalue weighted by atomic mass is 10.1. The fourth-order valence-electron chi connectivity index (χ4n) is 2.47. The minimum atomic E-state index is -1.12. The Morgan fingerprint density at radius 2 is 2.14 bits per heavy atom. The molecule has 116 valence electrons. The van der Waals surface area contributed by atoms with Crippen LogP contribution in [0.15, 0.2) is 18.2 Å². The van der Waals surface area contributed by atoms with Gasteiger partial charge in [-0.05, 0) is 12.5 Å². The van der Waals surface area contributed by atoms with Gasteiger partial charge in [0.15, 0.2) is 0 Å². The molecule has 9 heteroatoms. The van der Waals surface area contributed by atoms with Crippen LogP contribution in [-0.4, -0.2) is 38.8 Å². The zero-order chi connectivity index (χ0) is 16.4. The number of fused-ring (bicyclic) bond motifs is 1. The second kappa shape index (κ2) is 5.80. The first-order valence-corrected chi connectivity index (χ1v) is 6.41. The van der Waals surface area contributed by atoms with Gasteiger partial charge in [-0.3, -0.25) is 24.5 Å². The second-order valence-corrected chi connectivity index (χ2v) is 4.84. The van der Waals surface area contributed by atoms with Gasteiger partial charge < -0.3 is 15.7 Å². The van der Waals surface area contributed by atoms with E-state index in [-0.39, 0.29) is 36.2 Å². The van der Waals surface area contributed by atoms with Crippen LogP contribution in [0.1, 0.15) is 28.8 Å². The number of hydrogen-bond acceptors (Lipinski definition) is 5. The van der Waals surface area contributed by atoms with Crippen molar-refractivity contribution in [2.75, 3.05) is 0 Å². The predicted octanol–water partition coefficient (Wildman–Crippen LogP) is 0.269. The molecule has 0 saturated heterocycles. The van der Waals surface area contributed by atoms with Gasteiger partial charge in [0.05, 0.1) is 22.6 Å². The number of hydrogen-bond donors (Lipinski definition) is 2. The molecule has 0 saturated carbocycles. The molecule has 1 aliphatic heterocycles. The average molecular weight is 307 g/mol. The van der Waals surface area contributed by atoms with Gasteiger partial charge in [-0.1, -0.05) is 6.07 Å². The molecule has 0 fully saturated rings. The summed E-state index contributed by atoms with van der Waals surface area (Å²) in [5.41, 5.74) is 5.37. The van der Waals surface area contributed by atoms with Crippen molar-refractivity contribution in [1.29, 1.82) is 0 Å². The molecule has 0 aliphatic carbocycles. The normalized spacial score (nSPS) is 14.5. The minimum absolute atomic E-state index is 0.135. The lowest BCUT2D eigenvalue weighted by molar-refractivity contribution is -0.385. The van der Waals surface area contributed by atoms with E-state index in [1.54, 1.807) is 0 Å². The van der Waals surface area contributed by atoms with Gasteiger partial charge in [-0.15, -0.1) is 0 Å². The van der Waals surface area contributed by atoms with Crippen molar-refractivity contribution in [3.05, 3.63) is 39.4 Å². The standard InChI is InChI=1S/C13H13N3O6/c14-12(19)10(4-5-11(17)18)15-6-8-7(13(15)20)2-1-3-9(8)16(21)22/h1-3,10H,4-6H2,(H2,14,19)(H,17,18)/t10-/m0/s1. The van der Waals surface area contributed by atoms with Gasteiger partial charge in [-0.25, -0.2) is 0 Å². The van der Waals surface area contributed by atoms with Gasteiger partial charge in [0, 0.05) is 12.5 Å². The Morgan fingerprint density at radius 3 is 2.68 bits per heavy atom. The van der Waals surface area contributed by atoms with Crippen LogP contribution >= 0.6 is 0 Å². The Hall–Kier alpha value is -2.97. The molecule has 0 unspecified atom stereocenters. The number of aliphatic carboxylic acids is 1. The number of nitrogens with two attached hydrogens (primary N) is 1. The number of carbonyl (C=O) groups excluding carboxylic acids is 2. The number of amides is 2. The number of nitro benzene ring substituents is 1. The van der Waals surface area contributed by atoms with Crippen LogP contribution in [0.2, 0.25) is 0 Å². The molecule has 9 nitrogen and oxygen atoms in total. The molecule has 0 aromatic heterocycles. The van der Waals surface area contributed by atoms with E-state index in [4.69, 9.17) is 10.8 Å². The van der Waals surface area contributed by atoms with Crippen LogP contribution in [0.25, 0.3) is 0 Å². The van der Waals surface area contributed by atoms with E-state index < -0.39 is 28.7 Å². The third-order valence-electron chi connectivity index (χ3n) is 3.50. The Morgan fingerprint density at radius 1 is 1.45 bits per heavy atom. The monoisotopic (exact) mass is 307 g/mol. The third-order valence-corrected chi connectivity index (χ3v) is 3.50. The fraction of sp³-hybridized carbons (Fsp3) is 0.308. The van der Waals surface area contributed by atoms with E-state index in [1.807, 2.05) is 0 Å². The molecule has 3 N–H and O–H groups in total. The Bertz CT molecular complexity index is 672. The van der Waals surface area contributed by atoms with Crippen molar-refractivity contribution < 1.29 is 24.4 Å². The first-order valence-electron chi connectivity index (χ1n) is 6.41. The smallest absolute Gasteiger partial charge is 0.303 e. The third kappa shape index (κ3) is 2.73. The van der Waals surface area contributed by atoms with Gasteiger partial charge >= 0.3 is 5.97 Å². The van der Waals surface area contributed by atoms with Crippen molar-refractivity contribution >= 4 is 23.5 Å². The number of primary amides is 1. The van der Waals surface area contributed by atoms with E-state index in [0.29, 0.717) is 0 Å². The quantitative estimate of drug-likeness (QED) is 0.570. The number of nitrogens with zero attached hydrogens (tertiary/aromatic N) is 2. The van der Waals surface area contributed by atoms with Gasteiger partial charge in [-0.2, -0.15) is 0 Å². The van der Waals surface area contributed by atoms with E-state index in [9.17, 15) is 24.5 Å².